The van der Waals surface area contributed by atoms with Crippen LogP contribution in [0, 0.1) is 0 Å². The summed E-state index contributed by atoms with van der Waals surface area (Å²) in [4.78, 5) is 0. The highest BCUT2D eigenvalue weighted by molar-refractivity contribution is 6.33. The van der Waals surface area contributed by atoms with Crippen molar-refractivity contribution in [2.24, 2.45) is 0 Å². The third-order valence-electron chi connectivity index (χ3n) is 13.1. The number of halogens is 6. The summed E-state index contributed by atoms with van der Waals surface area (Å²) in [6.45, 7) is 0. The van der Waals surface area contributed by atoms with Gasteiger partial charge in [-0.25, -0.2) is 0 Å². The standard InChI is InChI=1S/C57H33Cl6N6/c58-34-1-13-40(14-2-34)64-31-65(41-15-3-35(59)4-16-41)53-26-47-46(25-52(53)64)48-27-54-56(68(44-21-9-38(62)10-22-44)32-66(54)42-17-5-36(60)6-18-42)29-50(48)51-30-57-55(28-49(47)51)67(43-19-7-37(61)8-20-43)33-69(57)45-23-11-39(63)12-24-45/h1-33H/q+3. The Balaban J connectivity index is 1.22. The van der Waals surface area contributed by atoms with Crippen molar-refractivity contribution in [1.29, 1.82) is 0 Å². The fourth-order valence-electron chi connectivity index (χ4n) is 9.79. The lowest BCUT2D eigenvalue weighted by Crippen LogP contribution is -2.28. The molecule has 0 fully saturated rings. The van der Waals surface area contributed by atoms with E-state index in [0.29, 0.717) is 30.1 Å². The molecule has 0 aliphatic rings. The zero-order chi connectivity index (χ0) is 46.7. The van der Waals surface area contributed by atoms with Gasteiger partial charge in [0, 0.05) is 30.1 Å². The van der Waals surface area contributed by atoms with Gasteiger partial charge in [-0.2, -0.15) is 27.4 Å². The summed E-state index contributed by atoms with van der Waals surface area (Å²) in [5, 5.41) is 10.5. The first-order valence-corrected chi connectivity index (χ1v) is 24.3. The SMILES string of the molecule is Clc1ccc(-n2c[n+](-c3ccc(Cl)cc3)c3cc4c(cc32)c2cc3c(cc2c2cc5c(cc42)n(-c2ccc(Cl)cc2)c[n+]5-c2ccc(Cl)cc2)n(-c2ccc(Cl)cc2)c[n+]3-c2ccc(Cl)cc2)cc1. The molecule has 0 atom stereocenters. The van der Waals surface area contributed by atoms with Crippen LogP contribution in [0.2, 0.25) is 30.1 Å². The summed E-state index contributed by atoms with van der Waals surface area (Å²) < 4.78 is 13.4. The second kappa shape index (κ2) is 16.4. The van der Waals surface area contributed by atoms with E-state index in [2.05, 4.69) is 82.8 Å². The maximum Gasteiger partial charge on any atom is 0.255 e. The molecule has 330 valence electrons. The normalized spacial score (nSPS) is 11.9. The number of imidazole rings is 3. The van der Waals surface area contributed by atoms with E-state index in [-0.39, 0.29) is 0 Å². The lowest BCUT2D eigenvalue weighted by Gasteiger charge is -2.11. The molecule has 0 bridgehead atoms. The van der Waals surface area contributed by atoms with E-state index in [9.17, 15) is 0 Å². The van der Waals surface area contributed by atoms with Crippen molar-refractivity contribution in [3.63, 3.8) is 0 Å². The van der Waals surface area contributed by atoms with Gasteiger partial charge in [-0.1, -0.05) is 69.6 Å². The molecular weight excluding hydrogens is 981 g/mol. The van der Waals surface area contributed by atoms with Crippen LogP contribution in [0.25, 0.3) is 99.5 Å². The van der Waals surface area contributed by atoms with Crippen LogP contribution in [0.5, 0.6) is 0 Å². The molecule has 69 heavy (non-hydrogen) atoms. The van der Waals surface area contributed by atoms with E-state index in [1.54, 1.807) is 0 Å². The van der Waals surface area contributed by atoms with E-state index in [1.807, 2.05) is 146 Å². The molecule has 10 aromatic carbocycles. The van der Waals surface area contributed by atoms with Crippen LogP contribution in [0.3, 0.4) is 0 Å². The lowest BCUT2D eigenvalue weighted by atomic mass is 9.92. The number of fused-ring (bicyclic) bond motifs is 9. The third-order valence-corrected chi connectivity index (χ3v) is 14.6. The van der Waals surface area contributed by atoms with Gasteiger partial charge < -0.3 is 0 Å². The highest BCUT2D eigenvalue weighted by Gasteiger charge is 2.28. The van der Waals surface area contributed by atoms with Gasteiger partial charge in [-0.15, -0.1) is 0 Å². The van der Waals surface area contributed by atoms with Crippen LogP contribution in [0.15, 0.2) is 201 Å². The first kappa shape index (κ1) is 42.2. The number of aromatic nitrogens is 6. The van der Waals surface area contributed by atoms with Crippen molar-refractivity contribution in [2.45, 2.75) is 0 Å². The summed E-state index contributed by atoms with van der Waals surface area (Å²) in [5.41, 5.74) is 11.9. The molecule has 0 saturated heterocycles. The van der Waals surface area contributed by atoms with Crippen LogP contribution < -0.4 is 13.7 Å². The Kier molecular flexibility index (Phi) is 10.0. The molecule has 12 heteroatoms. The van der Waals surface area contributed by atoms with Gasteiger partial charge in [-0.3, -0.25) is 0 Å². The van der Waals surface area contributed by atoms with Gasteiger partial charge in [0.05, 0.1) is 0 Å². The van der Waals surface area contributed by atoms with Crippen molar-refractivity contribution >= 4 is 135 Å². The van der Waals surface area contributed by atoms with Crippen LogP contribution >= 0.6 is 69.6 Å². The van der Waals surface area contributed by atoms with Crippen LogP contribution in [-0.2, 0) is 0 Å². The summed E-state index contributed by atoms with van der Waals surface area (Å²) in [6.07, 6.45) is 6.41. The monoisotopic (exact) mass is 1010 g/mol. The van der Waals surface area contributed by atoms with E-state index >= 15 is 0 Å². The molecule has 13 aromatic rings. The molecule has 0 unspecified atom stereocenters. The van der Waals surface area contributed by atoms with E-state index in [4.69, 9.17) is 69.6 Å². The minimum Gasteiger partial charge on any atom is -0.195 e. The largest absolute Gasteiger partial charge is 0.255 e. The number of hydrogen-bond acceptors (Lipinski definition) is 0. The molecule has 0 spiro atoms. The average molecular weight is 1010 g/mol. The topological polar surface area (TPSA) is 26.4 Å². The van der Waals surface area contributed by atoms with E-state index < -0.39 is 0 Å². The fraction of sp³-hybridized carbons (Fsp3) is 0. The van der Waals surface area contributed by atoms with Gasteiger partial charge in [0.1, 0.15) is 34.1 Å². The first-order chi connectivity index (χ1) is 33.6. The van der Waals surface area contributed by atoms with Crippen LogP contribution in [-0.4, -0.2) is 13.7 Å². The molecule has 0 saturated carbocycles. The zero-order valence-corrected chi connectivity index (χ0v) is 40.5. The highest BCUT2D eigenvalue weighted by Crippen LogP contribution is 2.41. The molecule has 0 radical (unpaired) electrons. The molecule has 3 aromatic heterocycles. The van der Waals surface area contributed by atoms with Crippen molar-refractivity contribution in [3.05, 3.63) is 231 Å². The zero-order valence-electron chi connectivity index (χ0n) is 36.0. The first-order valence-electron chi connectivity index (χ1n) is 22.0. The average Bonchev–Trinajstić information content (AvgIpc) is 4.06. The predicted molar refractivity (Wildman–Crippen MR) is 284 cm³/mol. The Morgan fingerprint density at radius 3 is 0.681 bits per heavy atom. The lowest BCUT2D eigenvalue weighted by molar-refractivity contribution is -0.568. The summed E-state index contributed by atoms with van der Waals surface area (Å²) in [5.74, 6) is 0. The predicted octanol–water partition coefficient (Wildman–Crippen LogP) is 15.7. The third kappa shape index (κ3) is 7.13. The Hall–Kier alpha value is -6.87. The second-order valence-corrected chi connectivity index (χ2v) is 19.7. The van der Waals surface area contributed by atoms with E-state index in [1.165, 1.54) is 0 Å². The second-order valence-electron chi connectivity index (χ2n) is 17.1. The van der Waals surface area contributed by atoms with Gasteiger partial charge in [0.25, 0.3) is 19.0 Å². The number of nitrogens with zero attached hydrogens (tertiary/aromatic N) is 6. The van der Waals surface area contributed by atoms with Crippen molar-refractivity contribution < 1.29 is 13.7 Å². The van der Waals surface area contributed by atoms with Crippen molar-refractivity contribution in [3.8, 4) is 34.1 Å². The summed E-state index contributed by atoms with van der Waals surface area (Å²) >= 11 is 38.9. The molecule has 0 N–H and O–H groups in total. The number of benzene rings is 10. The smallest absolute Gasteiger partial charge is 0.195 e. The Labute approximate surface area is 424 Å². The maximum atomic E-state index is 6.48. The summed E-state index contributed by atoms with van der Waals surface area (Å²) in [7, 11) is 0. The highest BCUT2D eigenvalue weighted by atomic mass is 35.5. The molecule has 0 aliphatic carbocycles. The Morgan fingerprint density at radius 1 is 0.246 bits per heavy atom. The van der Waals surface area contributed by atoms with Gasteiger partial charge in [0.15, 0.2) is 33.1 Å². The Bertz CT molecular complexity index is 3470. The summed E-state index contributed by atoms with van der Waals surface area (Å²) in [6, 6.07) is 61.7. The fourth-order valence-corrected chi connectivity index (χ4v) is 10.5. The quantitative estimate of drug-likeness (QED) is 0.117. The van der Waals surface area contributed by atoms with Gasteiger partial charge in [-0.05, 0) is 214 Å². The van der Waals surface area contributed by atoms with E-state index in [0.717, 1.165) is 99.5 Å². The van der Waals surface area contributed by atoms with Crippen LogP contribution in [0.1, 0.15) is 0 Å². The van der Waals surface area contributed by atoms with Crippen molar-refractivity contribution in [1.82, 2.24) is 13.7 Å². The maximum absolute atomic E-state index is 6.48. The van der Waals surface area contributed by atoms with Crippen molar-refractivity contribution in [2.75, 3.05) is 0 Å². The van der Waals surface area contributed by atoms with Gasteiger partial charge in [0.2, 0.25) is 0 Å². The van der Waals surface area contributed by atoms with Crippen LogP contribution in [0.4, 0.5) is 0 Å². The van der Waals surface area contributed by atoms with Gasteiger partial charge >= 0.3 is 0 Å². The molecule has 13 rings (SSSR count). The molecule has 0 amide bonds. The minimum atomic E-state index is 0.666. The molecular formula is C57H33Cl6N6+3. The molecule has 6 nitrogen and oxygen atoms in total. The molecule has 0 aliphatic heterocycles. The molecule has 3 heterocycles. The number of hydrogen-bond donors (Lipinski definition) is 0. The Morgan fingerprint density at radius 2 is 0.449 bits per heavy atom. The number of rotatable bonds is 6. The minimum absolute atomic E-state index is 0.666.